The van der Waals surface area contributed by atoms with Gasteiger partial charge in [0.1, 0.15) is 34.2 Å². The number of benzene rings is 6. The second-order valence-electron chi connectivity index (χ2n) is 22.4. The number of Topliss-reactive ketones (excluding diaryl/α,β-unsaturated/α-hetero) is 3. The first-order valence-electron chi connectivity index (χ1n) is 29.1. The number of hydrogen-bond donors (Lipinski definition) is 0. The zero-order valence-electron chi connectivity index (χ0n) is 49.1. The minimum absolute atomic E-state index is 0.00986. The largest absolute Gasteiger partial charge is 0.490 e. The van der Waals surface area contributed by atoms with Crippen LogP contribution >= 0.6 is 0 Å². The van der Waals surface area contributed by atoms with Crippen molar-refractivity contribution in [3.05, 3.63) is 212 Å². The molecule has 444 valence electrons. The Morgan fingerprint density at radius 3 is 1.43 bits per heavy atom. The predicted molar refractivity (Wildman–Crippen MR) is 334 cm³/mol. The smallest absolute Gasteiger partial charge is 0.417 e. The van der Waals surface area contributed by atoms with Gasteiger partial charge in [0, 0.05) is 119 Å². The molecule has 6 aliphatic heterocycles. The third kappa shape index (κ3) is 10.6. The number of ketones is 3. The van der Waals surface area contributed by atoms with Gasteiger partial charge in [0.25, 0.3) is 0 Å². The summed E-state index contributed by atoms with van der Waals surface area (Å²) in [7, 11) is 9.77. The van der Waals surface area contributed by atoms with Crippen LogP contribution in [0.3, 0.4) is 0 Å². The van der Waals surface area contributed by atoms with E-state index in [0.717, 1.165) is 72.3 Å². The van der Waals surface area contributed by atoms with Crippen LogP contribution in [-0.2, 0) is 10.9 Å². The van der Waals surface area contributed by atoms with E-state index in [-0.39, 0.29) is 28.4 Å². The van der Waals surface area contributed by atoms with Crippen LogP contribution < -0.4 is 14.4 Å². The molecule has 15 rings (SSSR count). The summed E-state index contributed by atoms with van der Waals surface area (Å²) in [6.45, 7) is 7.56. The van der Waals surface area contributed by atoms with Crippen molar-refractivity contribution in [2.75, 3.05) is 106 Å². The number of nitrogens with zero attached hydrogens (tertiary/aromatic N) is 11. The van der Waals surface area contributed by atoms with Crippen molar-refractivity contribution in [1.29, 1.82) is 0 Å². The second-order valence-corrected chi connectivity index (χ2v) is 22.4. The van der Waals surface area contributed by atoms with Crippen molar-refractivity contribution in [1.82, 2.24) is 19.6 Å². The second kappa shape index (κ2) is 23.4. The standard InChI is InChI=1S/C24H25N5O.C22H16F3N3O2.C22H19N3O3/c1-27(2)24-25-21-18-6-4-5-7-19(18)23(30)20(22(21)26-24)16-8-10-17(11-9-16)29-14-12-28(3)13-15-29;23-22(24,25)16-8-4-3-7-15(16)17-19-18(13-5-1-2-6-14(13)20(17)29)26-21(27-19)28-9-11-30-12-10-28;1-25(2)22-23-19-14-6-3-4-7-15(14)21(26)18(20(19)24-22)13-8-9-16-17(12-13)28-11-5-10-27-16/h4-11H,12-15H2,1-3H3;1-8H,9-12H2;3-4,6-9,12H,5,10-11H2,1-2H3. The van der Waals surface area contributed by atoms with Gasteiger partial charge in [-0.2, -0.15) is 13.2 Å². The van der Waals surface area contributed by atoms with E-state index in [1.165, 1.54) is 23.9 Å². The predicted octanol–water partition coefficient (Wildman–Crippen LogP) is 9.75. The summed E-state index contributed by atoms with van der Waals surface area (Å²) in [5.74, 6) is 2.44. The highest BCUT2D eigenvalue weighted by Gasteiger charge is 2.42. The number of rotatable bonds is 4. The van der Waals surface area contributed by atoms with Crippen molar-refractivity contribution in [3.8, 4) is 11.5 Å². The Morgan fingerprint density at radius 1 is 0.443 bits per heavy atom. The normalized spacial score (nSPS) is 18.3. The van der Waals surface area contributed by atoms with Gasteiger partial charge in [-0.1, -0.05) is 109 Å². The molecule has 20 heteroatoms. The maximum Gasteiger partial charge on any atom is 0.417 e. The molecule has 2 saturated heterocycles. The first kappa shape index (κ1) is 57.2. The summed E-state index contributed by atoms with van der Waals surface area (Å²) in [5, 5.41) is 0. The average Bonchev–Trinajstić information content (AvgIpc) is 1.89. The first-order chi connectivity index (χ1) is 42.6. The van der Waals surface area contributed by atoms with Gasteiger partial charge >= 0.3 is 6.18 Å². The molecule has 0 unspecified atom stereocenters. The van der Waals surface area contributed by atoms with Crippen LogP contribution in [0.4, 0.5) is 18.9 Å². The van der Waals surface area contributed by atoms with Gasteiger partial charge in [-0.25, -0.2) is 30.0 Å². The molecule has 0 bridgehead atoms. The Bertz CT molecular complexity index is 4190. The molecule has 0 N–H and O–H groups in total. The molecule has 0 atom stereocenters. The monoisotopic (exact) mass is 1180 g/mol. The number of hydrogen-bond acceptors (Lipinski definition) is 17. The number of carbonyl (C=O) groups is 3. The molecule has 0 amide bonds. The van der Waals surface area contributed by atoms with E-state index in [1.54, 1.807) is 24.3 Å². The Balaban J connectivity index is 0.000000122. The Kier molecular flexibility index (Phi) is 15.2. The van der Waals surface area contributed by atoms with Crippen molar-refractivity contribution in [3.63, 3.8) is 0 Å². The van der Waals surface area contributed by atoms with Gasteiger partial charge in [0.05, 0.1) is 48.7 Å². The van der Waals surface area contributed by atoms with Crippen LogP contribution in [0.5, 0.6) is 11.5 Å². The lowest BCUT2D eigenvalue weighted by Gasteiger charge is -2.34. The molecule has 0 aromatic heterocycles. The number of piperazine rings is 1. The number of carbonyl (C=O) groups excluding carboxylic acids is 3. The SMILES string of the molecule is CN(C)C1=NC2=C(c3ccc4c(c3)OCCCO4)C(=O)c3ccccc3C2=N1.CN1CCN(c2ccc(C3=C4N=C(N(C)C)N=C4c4ccccc4C3=O)cc2)CC1.O=C1C(c2ccccc2C(F)(F)F)=C2N=C(N3CCOCC3)N=C2c2ccccc21. The van der Waals surface area contributed by atoms with Crippen LogP contribution in [0, 0.1) is 0 Å². The summed E-state index contributed by atoms with van der Waals surface area (Å²) in [6.07, 6.45) is -3.77. The van der Waals surface area contributed by atoms with Crippen LogP contribution in [0.15, 0.2) is 187 Å². The summed E-state index contributed by atoms with van der Waals surface area (Å²) in [6, 6.07) is 41.1. The molecule has 0 saturated carbocycles. The fraction of sp³-hybridized carbons (Fsp3) is 0.250. The number of likely N-dealkylation sites (N-methyl/N-ethyl adjacent to an activating group) is 1. The number of ether oxygens (including phenoxy) is 3. The number of fused-ring (bicyclic) bond motifs is 10. The van der Waals surface area contributed by atoms with E-state index in [1.807, 2.05) is 122 Å². The summed E-state index contributed by atoms with van der Waals surface area (Å²) in [5.41, 5.74) is 10.3. The van der Waals surface area contributed by atoms with E-state index in [4.69, 9.17) is 29.2 Å². The average molecular weight is 1180 g/mol. The third-order valence-electron chi connectivity index (χ3n) is 16.3. The number of aliphatic imine (C=N–C) groups is 6. The lowest BCUT2D eigenvalue weighted by molar-refractivity contribution is -0.137. The van der Waals surface area contributed by atoms with E-state index in [9.17, 15) is 27.6 Å². The lowest BCUT2D eigenvalue weighted by atomic mass is 9.82. The molecule has 2 fully saturated rings. The molecule has 0 radical (unpaired) electrons. The third-order valence-corrected chi connectivity index (χ3v) is 16.3. The lowest BCUT2D eigenvalue weighted by Crippen LogP contribution is -2.44. The van der Waals surface area contributed by atoms with Crippen LogP contribution in [-0.4, -0.2) is 173 Å². The van der Waals surface area contributed by atoms with Crippen LogP contribution in [0.2, 0.25) is 0 Å². The topological polar surface area (TPSA) is 169 Å². The zero-order valence-corrected chi connectivity index (χ0v) is 49.1. The van der Waals surface area contributed by atoms with Gasteiger partial charge in [-0.05, 0) is 48.5 Å². The van der Waals surface area contributed by atoms with Gasteiger partial charge in [-0.15, -0.1) is 0 Å². The maximum atomic E-state index is 13.7. The van der Waals surface area contributed by atoms with Crippen LogP contribution in [0.1, 0.15) is 76.4 Å². The van der Waals surface area contributed by atoms with Gasteiger partial charge in [0.2, 0.25) is 17.9 Å². The van der Waals surface area contributed by atoms with E-state index < -0.39 is 17.5 Å². The molecule has 88 heavy (non-hydrogen) atoms. The molecule has 17 nitrogen and oxygen atoms in total. The fourth-order valence-corrected chi connectivity index (χ4v) is 11.7. The summed E-state index contributed by atoms with van der Waals surface area (Å²) < 4.78 is 58.1. The quantitative estimate of drug-likeness (QED) is 0.165. The number of guanidine groups is 3. The van der Waals surface area contributed by atoms with Crippen LogP contribution in [0.25, 0.3) is 16.7 Å². The van der Waals surface area contributed by atoms with Crippen molar-refractivity contribution < 1.29 is 41.8 Å². The fourth-order valence-electron chi connectivity index (χ4n) is 11.7. The molecule has 3 aliphatic carbocycles. The molecular formula is C68H60F3N11O6. The number of alkyl halides is 3. The maximum absolute atomic E-state index is 13.7. The molecule has 9 aliphatic rings. The molecular weight excluding hydrogens is 1120 g/mol. The van der Waals surface area contributed by atoms with E-state index in [0.29, 0.717) is 119 Å². The number of morpholine rings is 1. The number of halogens is 3. The minimum Gasteiger partial charge on any atom is -0.490 e. The molecule has 6 aromatic carbocycles. The van der Waals surface area contributed by atoms with Gasteiger partial charge < -0.3 is 38.7 Å². The molecule has 0 spiro atoms. The molecule has 6 heterocycles. The van der Waals surface area contributed by atoms with E-state index in [2.05, 4.69) is 44.0 Å². The number of anilines is 1. The Hall–Kier alpha value is -9.92. The minimum atomic E-state index is -4.60. The van der Waals surface area contributed by atoms with Crippen molar-refractivity contribution >= 4 is 74.8 Å². The van der Waals surface area contributed by atoms with Crippen molar-refractivity contribution in [2.24, 2.45) is 30.0 Å². The summed E-state index contributed by atoms with van der Waals surface area (Å²) in [4.78, 5) is 78.5. The highest BCUT2D eigenvalue weighted by molar-refractivity contribution is 6.45. The van der Waals surface area contributed by atoms with Gasteiger partial charge in [0.15, 0.2) is 28.8 Å². The first-order valence-corrected chi connectivity index (χ1v) is 29.1. The Morgan fingerprint density at radius 2 is 0.898 bits per heavy atom. The van der Waals surface area contributed by atoms with Gasteiger partial charge in [-0.3, -0.25) is 14.4 Å². The molecule has 6 aromatic rings. The Labute approximate surface area is 506 Å². The highest BCUT2D eigenvalue weighted by atomic mass is 19.4. The van der Waals surface area contributed by atoms with Crippen molar-refractivity contribution in [2.45, 2.75) is 12.6 Å². The number of allylic oxidation sites excluding steroid dienone is 6. The zero-order chi connectivity index (χ0) is 61.0. The highest BCUT2D eigenvalue weighted by Crippen LogP contribution is 2.44. The summed E-state index contributed by atoms with van der Waals surface area (Å²) >= 11 is 0. The van der Waals surface area contributed by atoms with E-state index >= 15 is 0 Å².